The Morgan fingerprint density at radius 2 is 2.29 bits per heavy atom. The largest absolute Gasteiger partial charge is 0.342 e. The molecule has 1 aliphatic rings. The normalized spacial score (nSPS) is 19.2. The summed E-state index contributed by atoms with van der Waals surface area (Å²) in [7, 11) is 1.89. The second kappa shape index (κ2) is 5.05. The lowest BCUT2D eigenvalue weighted by Gasteiger charge is -2.20. The van der Waals surface area contributed by atoms with Gasteiger partial charge in [0, 0.05) is 19.6 Å². The van der Waals surface area contributed by atoms with E-state index in [-0.39, 0.29) is 5.69 Å². The van der Waals surface area contributed by atoms with Gasteiger partial charge in [0.1, 0.15) is 12.4 Å². The fourth-order valence-corrected chi connectivity index (χ4v) is 1.93. The standard InChI is InChI=1S/C10H15N5O2/c1-14(7-8-3-2-4-11-8)10-12-5-9(6-13-10)15(16)17/h5-6,8,11H,2-4,7H2,1H3. The Bertz CT molecular complexity index is 388. The third-order valence-corrected chi connectivity index (χ3v) is 2.83. The lowest BCUT2D eigenvalue weighted by atomic mass is 10.2. The van der Waals surface area contributed by atoms with E-state index in [1.165, 1.54) is 18.8 Å². The molecule has 1 unspecified atom stereocenters. The van der Waals surface area contributed by atoms with Crippen molar-refractivity contribution < 1.29 is 4.92 Å². The van der Waals surface area contributed by atoms with Crippen molar-refractivity contribution in [2.24, 2.45) is 0 Å². The Hall–Kier alpha value is -1.76. The molecule has 1 aromatic rings. The van der Waals surface area contributed by atoms with Crippen molar-refractivity contribution in [2.45, 2.75) is 18.9 Å². The highest BCUT2D eigenvalue weighted by Crippen LogP contribution is 2.13. The van der Waals surface area contributed by atoms with E-state index >= 15 is 0 Å². The monoisotopic (exact) mass is 237 g/mol. The number of hydrogen-bond donors (Lipinski definition) is 1. The molecule has 1 saturated heterocycles. The highest BCUT2D eigenvalue weighted by Gasteiger charge is 2.17. The van der Waals surface area contributed by atoms with Crippen LogP contribution in [-0.2, 0) is 0 Å². The van der Waals surface area contributed by atoms with Crippen LogP contribution < -0.4 is 10.2 Å². The number of likely N-dealkylation sites (N-methyl/N-ethyl adjacent to an activating group) is 1. The molecule has 0 saturated carbocycles. The van der Waals surface area contributed by atoms with Crippen LogP contribution in [0.15, 0.2) is 12.4 Å². The van der Waals surface area contributed by atoms with Gasteiger partial charge in [-0.2, -0.15) is 0 Å². The Balaban J connectivity index is 1.98. The number of nitrogens with one attached hydrogen (secondary N) is 1. The molecule has 1 aliphatic heterocycles. The fraction of sp³-hybridized carbons (Fsp3) is 0.600. The van der Waals surface area contributed by atoms with E-state index in [0.717, 1.165) is 19.5 Å². The van der Waals surface area contributed by atoms with E-state index in [0.29, 0.717) is 12.0 Å². The van der Waals surface area contributed by atoms with Gasteiger partial charge in [0.05, 0.1) is 4.92 Å². The zero-order chi connectivity index (χ0) is 12.3. The molecular weight excluding hydrogens is 222 g/mol. The zero-order valence-electron chi connectivity index (χ0n) is 9.67. The van der Waals surface area contributed by atoms with E-state index in [2.05, 4.69) is 15.3 Å². The minimum absolute atomic E-state index is 0.0823. The molecular formula is C10H15N5O2. The quantitative estimate of drug-likeness (QED) is 0.609. The maximum Gasteiger partial charge on any atom is 0.305 e. The molecule has 0 radical (unpaired) electrons. The van der Waals surface area contributed by atoms with Crippen molar-refractivity contribution in [3.63, 3.8) is 0 Å². The van der Waals surface area contributed by atoms with Crippen LogP contribution in [0.4, 0.5) is 11.6 Å². The summed E-state index contributed by atoms with van der Waals surface area (Å²) >= 11 is 0. The van der Waals surface area contributed by atoms with Crippen molar-refractivity contribution in [3.8, 4) is 0 Å². The first kappa shape index (κ1) is 11.7. The molecule has 17 heavy (non-hydrogen) atoms. The second-order valence-electron chi connectivity index (χ2n) is 4.17. The minimum Gasteiger partial charge on any atom is -0.342 e. The molecule has 2 heterocycles. The molecule has 1 aromatic heterocycles. The molecule has 0 aliphatic carbocycles. The van der Waals surface area contributed by atoms with Gasteiger partial charge in [0.25, 0.3) is 0 Å². The molecule has 2 rings (SSSR count). The summed E-state index contributed by atoms with van der Waals surface area (Å²) in [4.78, 5) is 19.8. The van der Waals surface area contributed by atoms with Gasteiger partial charge in [0.15, 0.2) is 0 Å². The summed E-state index contributed by atoms with van der Waals surface area (Å²) in [6.45, 7) is 1.87. The topological polar surface area (TPSA) is 84.2 Å². The third kappa shape index (κ3) is 2.88. The molecule has 0 spiro atoms. The molecule has 1 N–H and O–H groups in total. The predicted molar refractivity (Wildman–Crippen MR) is 63.0 cm³/mol. The second-order valence-corrected chi connectivity index (χ2v) is 4.17. The number of hydrogen-bond acceptors (Lipinski definition) is 6. The minimum atomic E-state index is -0.498. The summed E-state index contributed by atoms with van der Waals surface area (Å²) < 4.78 is 0. The Kier molecular flexibility index (Phi) is 3.48. The van der Waals surface area contributed by atoms with Gasteiger partial charge in [-0.25, -0.2) is 9.97 Å². The van der Waals surface area contributed by atoms with Crippen molar-refractivity contribution in [1.29, 1.82) is 0 Å². The van der Waals surface area contributed by atoms with E-state index in [1.807, 2.05) is 11.9 Å². The molecule has 1 atom stereocenters. The van der Waals surface area contributed by atoms with Crippen LogP contribution in [-0.4, -0.2) is 41.1 Å². The van der Waals surface area contributed by atoms with Gasteiger partial charge in [0.2, 0.25) is 5.95 Å². The lowest BCUT2D eigenvalue weighted by Crippen LogP contribution is -2.36. The van der Waals surface area contributed by atoms with Crippen LogP contribution in [0.25, 0.3) is 0 Å². The van der Waals surface area contributed by atoms with E-state index in [9.17, 15) is 10.1 Å². The SMILES string of the molecule is CN(CC1CCCN1)c1ncc([N+](=O)[O-])cn1. The summed E-state index contributed by atoms with van der Waals surface area (Å²) in [6.07, 6.45) is 4.82. The van der Waals surface area contributed by atoms with Crippen LogP contribution in [0.5, 0.6) is 0 Å². The van der Waals surface area contributed by atoms with Gasteiger partial charge in [-0.3, -0.25) is 10.1 Å². The van der Waals surface area contributed by atoms with E-state index < -0.39 is 4.92 Å². The molecule has 0 aromatic carbocycles. The zero-order valence-corrected chi connectivity index (χ0v) is 9.67. The molecule has 1 fully saturated rings. The summed E-state index contributed by atoms with van der Waals surface area (Å²) in [6, 6.07) is 0.457. The number of nitro groups is 1. The lowest BCUT2D eigenvalue weighted by molar-refractivity contribution is -0.385. The molecule has 7 nitrogen and oxygen atoms in total. The molecule has 7 heteroatoms. The molecule has 0 amide bonds. The van der Waals surface area contributed by atoms with Crippen molar-refractivity contribution in [2.75, 3.05) is 25.0 Å². The highest BCUT2D eigenvalue weighted by molar-refractivity contribution is 5.33. The summed E-state index contributed by atoms with van der Waals surface area (Å²) in [5.41, 5.74) is -0.0823. The van der Waals surface area contributed by atoms with Crippen LogP contribution in [0.2, 0.25) is 0 Å². The average Bonchev–Trinajstić information content (AvgIpc) is 2.82. The Morgan fingerprint density at radius 1 is 1.59 bits per heavy atom. The van der Waals surface area contributed by atoms with E-state index in [4.69, 9.17) is 0 Å². The highest BCUT2D eigenvalue weighted by atomic mass is 16.6. The Labute approximate surface area is 99.0 Å². The average molecular weight is 237 g/mol. The fourth-order valence-electron chi connectivity index (χ4n) is 1.93. The molecule has 92 valence electrons. The van der Waals surface area contributed by atoms with Crippen LogP contribution in [0.1, 0.15) is 12.8 Å². The van der Waals surface area contributed by atoms with Gasteiger partial charge in [-0.15, -0.1) is 0 Å². The van der Waals surface area contributed by atoms with Crippen molar-refractivity contribution in [1.82, 2.24) is 15.3 Å². The van der Waals surface area contributed by atoms with E-state index in [1.54, 1.807) is 0 Å². The van der Waals surface area contributed by atoms with Gasteiger partial charge < -0.3 is 10.2 Å². The number of nitrogens with zero attached hydrogens (tertiary/aromatic N) is 4. The first-order chi connectivity index (χ1) is 8.16. The number of anilines is 1. The number of rotatable bonds is 4. The first-order valence-electron chi connectivity index (χ1n) is 5.58. The van der Waals surface area contributed by atoms with Gasteiger partial charge in [-0.1, -0.05) is 0 Å². The van der Waals surface area contributed by atoms with Crippen molar-refractivity contribution in [3.05, 3.63) is 22.5 Å². The molecule has 0 bridgehead atoms. The number of aromatic nitrogens is 2. The van der Waals surface area contributed by atoms with Gasteiger partial charge >= 0.3 is 5.69 Å². The maximum atomic E-state index is 10.5. The van der Waals surface area contributed by atoms with Crippen LogP contribution >= 0.6 is 0 Å². The van der Waals surface area contributed by atoms with Crippen molar-refractivity contribution >= 4 is 11.6 Å². The Morgan fingerprint density at radius 3 is 2.82 bits per heavy atom. The third-order valence-electron chi connectivity index (χ3n) is 2.83. The van der Waals surface area contributed by atoms with Crippen LogP contribution in [0.3, 0.4) is 0 Å². The van der Waals surface area contributed by atoms with Gasteiger partial charge in [-0.05, 0) is 19.4 Å². The summed E-state index contributed by atoms with van der Waals surface area (Å²) in [5.74, 6) is 0.518. The van der Waals surface area contributed by atoms with Crippen LogP contribution in [0, 0.1) is 10.1 Å². The summed E-state index contributed by atoms with van der Waals surface area (Å²) in [5, 5.41) is 13.8. The smallest absolute Gasteiger partial charge is 0.305 e. The predicted octanol–water partition coefficient (Wildman–Crippen LogP) is 0.573. The maximum absolute atomic E-state index is 10.5. The first-order valence-corrected chi connectivity index (χ1v) is 5.58.